The Bertz CT molecular complexity index is 663. The van der Waals surface area contributed by atoms with Gasteiger partial charge < -0.3 is 10.2 Å². The predicted octanol–water partition coefficient (Wildman–Crippen LogP) is 0.825. The van der Waals surface area contributed by atoms with Gasteiger partial charge in [0.2, 0.25) is 0 Å². The number of nitrogens with zero attached hydrogens (tertiary/aromatic N) is 1. The highest BCUT2D eigenvalue weighted by atomic mass is 32.2. The van der Waals surface area contributed by atoms with Crippen LogP contribution in [-0.4, -0.2) is 37.1 Å². The number of nitrogens with one attached hydrogen (secondary N) is 1. The third kappa shape index (κ3) is 2.08. The molecule has 2 atom stereocenters. The topological polar surface area (TPSA) is 49.4 Å². The van der Waals surface area contributed by atoms with Gasteiger partial charge in [-0.2, -0.15) is 0 Å². The van der Waals surface area contributed by atoms with Crippen LogP contribution >= 0.6 is 12.2 Å². The number of fused-ring (bicyclic) bond motifs is 1. The van der Waals surface area contributed by atoms with Crippen LogP contribution in [0.2, 0.25) is 0 Å². The van der Waals surface area contributed by atoms with Crippen LogP contribution in [-0.2, 0) is 9.84 Å². The molecule has 4 nitrogen and oxygen atoms in total. The minimum absolute atomic E-state index is 0.0167. The molecule has 2 aliphatic heterocycles. The summed E-state index contributed by atoms with van der Waals surface area (Å²) in [7, 11) is -3.15. The predicted molar refractivity (Wildman–Crippen MR) is 70.8 cm³/mol. The fourth-order valence-corrected chi connectivity index (χ4v) is 4.84. The maximum Gasteiger partial charge on any atom is 0.174 e. The van der Waals surface area contributed by atoms with Gasteiger partial charge in [0.1, 0.15) is 11.6 Å². The molecule has 0 aromatic heterocycles. The van der Waals surface area contributed by atoms with E-state index in [-0.39, 0.29) is 28.3 Å². The van der Waals surface area contributed by atoms with Crippen molar-refractivity contribution in [1.82, 2.24) is 5.32 Å². The molecule has 1 aromatic carbocycles. The number of sulfone groups is 1. The zero-order valence-corrected chi connectivity index (χ0v) is 11.3. The first-order valence-electron chi connectivity index (χ1n) is 5.62. The molecule has 0 unspecified atom stereocenters. The van der Waals surface area contributed by atoms with Crippen LogP contribution < -0.4 is 10.2 Å². The van der Waals surface area contributed by atoms with E-state index in [1.807, 2.05) is 0 Å². The second kappa shape index (κ2) is 4.11. The van der Waals surface area contributed by atoms with Crippen molar-refractivity contribution in [1.29, 1.82) is 0 Å². The van der Waals surface area contributed by atoms with Gasteiger partial charge >= 0.3 is 0 Å². The molecule has 2 aliphatic rings. The molecule has 0 radical (unpaired) electrons. The molecule has 0 amide bonds. The van der Waals surface area contributed by atoms with E-state index in [9.17, 15) is 17.2 Å². The van der Waals surface area contributed by atoms with E-state index in [0.29, 0.717) is 0 Å². The van der Waals surface area contributed by atoms with Gasteiger partial charge in [0, 0.05) is 6.07 Å². The molecule has 0 aliphatic carbocycles. The summed E-state index contributed by atoms with van der Waals surface area (Å²) >= 11 is 5.10. The average Bonchev–Trinajstić information content (AvgIpc) is 2.70. The Balaban J connectivity index is 2.02. The normalized spacial score (nSPS) is 28.3. The lowest BCUT2D eigenvalue weighted by atomic mass is 10.1. The van der Waals surface area contributed by atoms with E-state index < -0.39 is 27.5 Å². The molecule has 0 bridgehead atoms. The van der Waals surface area contributed by atoms with Crippen LogP contribution in [0.1, 0.15) is 0 Å². The Kier molecular flexibility index (Phi) is 2.75. The van der Waals surface area contributed by atoms with Crippen LogP contribution in [0.15, 0.2) is 18.2 Å². The second-order valence-electron chi connectivity index (χ2n) is 4.67. The highest BCUT2D eigenvalue weighted by molar-refractivity contribution is 7.91. The van der Waals surface area contributed by atoms with E-state index >= 15 is 0 Å². The molecule has 2 fully saturated rings. The summed E-state index contributed by atoms with van der Waals surface area (Å²) in [5.41, 5.74) is 0.100. The number of hydrogen-bond donors (Lipinski definition) is 1. The Morgan fingerprint density at radius 3 is 2.74 bits per heavy atom. The number of anilines is 1. The molecule has 0 saturated carbocycles. The number of rotatable bonds is 1. The molecule has 8 heteroatoms. The monoisotopic (exact) mass is 304 g/mol. The molecular weight excluding hydrogens is 294 g/mol. The van der Waals surface area contributed by atoms with Gasteiger partial charge in [-0.3, -0.25) is 0 Å². The highest BCUT2D eigenvalue weighted by Gasteiger charge is 2.48. The number of benzene rings is 1. The van der Waals surface area contributed by atoms with Crippen LogP contribution in [0.5, 0.6) is 0 Å². The summed E-state index contributed by atoms with van der Waals surface area (Å²) in [4.78, 5) is 1.43. The van der Waals surface area contributed by atoms with E-state index in [2.05, 4.69) is 5.32 Å². The van der Waals surface area contributed by atoms with Gasteiger partial charge in [-0.05, 0) is 24.4 Å². The third-order valence-electron chi connectivity index (χ3n) is 3.35. The van der Waals surface area contributed by atoms with Crippen molar-refractivity contribution >= 4 is 32.9 Å². The van der Waals surface area contributed by atoms with Gasteiger partial charge in [0.15, 0.2) is 14.9 Å². The SMILES string of the molecule is O=S1(=O)C[C@@H]2NC(=S)N(c3ccc(F)cc3F)[C@H]2C1. The van der Waals surface area contributed by atoms with E-state index in [4.69, 9.17) is 12.2 Å². The van der Waals surface area contributed by atoms with E-state index in [1.165, 1.54) is 11.0 Å². The van der Waals surface area contributed by atoms with Crippen LogP contribution in [0.25, 0.3) is 0 Å². The molecule has 3 rings (SSSR count). The summed E-state index contributed by atoms with van der Waals surface area (Å²) < 4.78 is 49.9. The van der Waals surface area contributed by atoms with Crippen molar-refractivity contribution in [3.05, 3.63) is 29.8 Å². The van der Waals surface area contributed by atoms with Gasteiger partial charge in [-0.1, -0.05) is 0 Å². The first-order chi connectivity index (χ1) is 8.87. The fraction of sp³-hybridized carbons (Fsp3) is 0.364. The third-order valence-corrected chi connectivity index (χ3v) is 5.38. The maximum absolute atomic E-state index is 13.8. The average molecular weight is 304 g/mol. The quantitative estimate of drug-likeness (QED) is 0.779. The summed E-state index contributed by atoms with van der Waals surface area (Å²) in [5.74, 6) is -1.54. The van der Waals surface area contributed by atoms with Crippen LogP contribution in [0.3, 0.4) is 0 Å². The first-order valence-corrected chi connectivity index (χ1v) is 7.85. The summed E-state index contributed by atoms with van der Waals surface area (Å²) in [6, 6.07) is 2.39. The molecule has 2 saturated heterocycles. The molecular formula is C11H10F2N2O2S2. The van der Waals surface area contributed by atoms with E-state index in [0.717, 1.165) is 12.1 Å². The summed E-state index contributed by atoms with van der Waals surface area (Å²) in [6.07, 6.45) is 0. The summed E-state index contributed by atoms with van der Waals surface area (Å²) in [6.45, 7) is 0. The number of thiocarbonyl (C=S) groups is 1. The molecule has 19 heavy (non-hydrogen) atoms. The van der Waals surface area contributed by atoms with Gasteiger partial charge in [-0.25, -0.2) is 17.2 Å². The van der Waals surface area contributed by atoms with Crippen molar-refractivity contribution in [3.8, 4) is 0 Å². The highest BCUT2D eigenvalue weighted by Crippen LogP contribution is 2.31. The standard InChI is InChI=1S/C11H10F2N2O2S2/c12-6-1-2-9(7(13)3-6)15-10-5-19(16,17)4-8(10)14-11(15)18/h1-3,8,10H,4-5H2,(H,14,18)/t8-,10-/m0/s1. The molecule has 0 spiro atoms. The fourth-order valence-electron chi connectivity index (χ4n) is 2.56. The first kappa shape index (κ1) is 12.7. The van der Waals surface area contributed by atoms with Gasteiger partial charge in [0.25, 0.3) is 0 Å². The van der Waals surface area contributed by atoms with Gasteiger partial charge in [0.05, 0.1) is 29.3 Å². The Morgan fingerprint density at radius 2 is 2.05 bits per heavy atom. The smallest absolute Gasteiger partial charge is 0.174 e. The zero-order valence-electron chi connectivity index (χ0n) is 9.64. The minimum Gasteiger partial charge on any atom is -0.356 e. The van der Waals surface area contributed by atoms with Crippen molar-refractivity contribution in [2.24, 2.45) is 0 Å². The molecule has 1 aromatic rings. The van der Waals surface area contributed by atoms with Crippen molar-refractivity contribution in [3.63, 3.8) is 0 Å². The Morgan fingerprint density at radius 1 is 1.32 bits per heavy atom. The van der Waals surface area contributed by atoms with Crippen LogP contribution in [0.4, 0.5) is 14.5 Å². The largest absolute Gasteiger partial charge is 0.356 e. The Hall–Kier alpha value is -1.28. The molecule has 1 N–H and O–H groups in total. The number of hydrogen-bond acceptors (Lipinski definition) is 3. The van der Waals surface area contributed by atoms with Crippen molar-refractivity contribution in [2.75, 3.05) is 16.4 Å². The van der Waals surface area contributed by atoms with Crippen molar-refractivity contribution < 1.29 is 17.2 Å². The lowest BCUT2D eigenvalue weighted by Crippen LogP contribution is -2.37. The summed E-state index contributed by atoms with van der Waals surface area (Å²) in [5, 5.41) is 3.15. The van der Waals surface area contributed by atoms with E-state index in [1.54, 1.807) is 0 Å². The second-order valence-corrected chi connectivity index (χ2v) is 7.21. The molecule has 102 valence electrons. The van der Waals surface area contributed by atoms with Crippen LogP contribution in [0, 0.1) is 11.6 Å². The van der Waals surface area contributed by atoms with Crippen molar-refractivity contribution in [2.45, 2.75) is 12.1 Å². The lowest BCUT2D eigenvalue weighted by Gasteiger charge is -2.23. The van der Waals surface area contributed by atoms with Gasteiger partial charge in [-0.15, -0.1) is 0 Å². The minimum atomic E-state index is -3.15. The zero-order chi connectivity index (χ0) is 13.8. The lowest BCUT2D eigenvalue weighted by molar-refractivity contribution is 0.577. The maximum atomic E-state index is 13.8. The molecule has 2 heterocycles. The Labute approximate surface area is 114 Å². The number of halogens is 2.